The van der Waals surface area contributed by atoms with Gasteiger partial charge in [-0.3, -0.25) is 0 Å². The smallest absolute Gasteiger partial charge is 0.0801 e. The van der Waals surface area contributed by atoms with Crippen LogP contribution in [0.3, 0.4) is 0 Å². The van der Waals surface area contributed by atoms with Crippen LogP contribution in [0.2, 0.25) is 0 Å². The fraction of sp³-hybridized carbons (Fsp3) is 0.714. The third kappa shape index (κ3) is 3.58. The van der Waals surface area contributed by atoms with Crippen molar-refractivity contribution >= 4 is 0 Å². The summed E-state index contributed by atoms with van der Waals surface area (Å²) < 4.78 is 0. The first-order valence-electron chi connectivity index (χ1n) is 12.3. The van der Waals surface area contributed by atoms with Gasteiger partial charge in [-0.15, -0.1) is 0 Å². The van der Waals surface area contributed by atoms with E-state index in [4.69, 9.17) is 0 Å². The molecule has 0 heterocycles. The molecule has 166 valence electrons. The lowest BCUT2D eigenvalue weighted by Gasteiger charge is -2.46. The van der Waals surface area contributed by atoms with Crippen molar-refractivity contribution in [1.29, 1.82) is 0 Å². The second-order valence-electron chi connectivity index (χ2n) is 11.3. The van der Waals surface area contributed by atoms with Crippen molar-refractivity contribution < 1.29 is 10.2 Å². The van der Waals surface area contributed by atoms with Crippen LogP contribution in [0.5, 0.6) is 0 Å². The lowest BCUT2D eigenvalue weighted by atomic mass is 9.59. The summed E-state index contributed by atoms with van der Waals surface area (Å²) in [4.78, 5) is 0. The lowest BCUT2D eigenvalue weighted by molar-refractivity contribution is 0.0437. The van der Waals surface area contributed by atoms with Gasteiger partial charge in [0.15, 0.2) is 0 Å². The standard InChI is InChI=1S/C28H42O2/c1-16(2)17(3)7-8-18(4)24-11-12-25-23-13-20-9-10-21(29)14-22(20)19(5)27(23)26(30)15-28(24,25)6/h7-8,13,16-18,21,24-26,29-30H,9-12,14-15H2,1-6H3/b8-7+/t17-,18+,21+,24-,25+,26-,28-/m1/s1. The normalized spacial score (nSPS) is 35.2. The molecule has 0 amide bonds. The summed E-state index contributed by atoms with van der Waals surface area (Å²) in [6, 6.07) is 2.43. The third-order valence-corrected chi connectivity index (χ3v) is 9.23. The highest BCUT2D eigenvalue weighted by Gasteiger charge is 2.53. The summed E-state index contributed by atoms with van der Waals surface area (Å²) in [5, 5.41) is 21.5. The highest BCUT2D eigenvalue weighted by atomic mass is 16.3. The number of hydrogen-bond donors (Lipinski definition) is 2. The number of fused-ring (bicyclic) bond motifs is 4. The second-order valence-corrected chi connectivity index (χ2v) is 11.3. The van der Waals surface area contributed by atoms with E-state index in [1.165, 1.54) is 40.7 Å². The van der Waals surface area contributed by atoms with Crippen molar-refractivity contribution in [2.75, 3.05) is 0 Å². The Morgan fingerprint density at radius 3 is 2.50 bits per heavy atom. The van der Waals surface area contributed by atoms with Gasteiger partial charge in [0.25, 0.3) is 0 Å². The van der Waals surface area contributed by atoms with E-state index in [0.29, 0.717) is 29.6 Å². The van der Waals surface area contributed by atoms with Crippen LogP contribution < -0.4 is 0 Å². The van der Waals surface area contributed by atoms with Crippen LogP contribution in [0.4, 0.5) is 0 Å². The summed E-state index contributed by atoms with van der Waals surface area (Å²) in [6.45, 7) is 13.9. The Morgan fingerprint density at radius 1 is 1.07 bits per heavy atom. The summed E-state index contributed by atoms with van der Waals surface area (Å²) in [7, 11) is 0. The van der Waals surface area contributed by atoms with Crippen LogP contribution in [0.25, 0.3) is 0 Å². The molecule has 1 saturated carbocycles. The van der Waals surface area contributed by atoms with Gasteiger partial charge in [-0.1, -0.05) is 52.8 Å². The summed E-state index contributed by atoms with van der Waals surface area (Å²) in [6.07, 6.45) is 10.2. The second kappa shape index (κ2) is 8.10. The van der Waals surface area contributed by atoms with E-state index in [2.05, 4.69) is 59.8 Å². The molecule has 2 heteroatoms. The quantitative estimate of drug-likeness (QED) is 0.575. The molecule has 0 aliphatic heterocycles. The maximum atomic E-state index is 11.3. The molecule has 30 heavy (non-hydrogen) atoms. The fourth-order valence-electron chi connectivity index (χ4n) is 7.03. The molecule has 3 aliphatic carbocycles. The van der Waals surface area contributed by atoms with Gasteiger partial charge in [-0.05, 0) is 108 Å². The minimum absolute atomic E-state index is 0.159. The molecule has 0 saturated heterocycles. The molecular formula is C28H42O2. The van der Waals surface area contributed by atoms with Crippen molar-refractivity contribution in [1.82, 2.24) is 0 Å². The number of aliphatic hydroxyl groups excluding tert-OH is 2. The van der Waals surface area contributed by atoms with Crippen molar-refractivity contribution in [3.05, 3.63) is 46.0 Å². The number of allylic oxidation sites excluding steroid dienone is 2. The number of hydrogen-bond acceptors (Lipinski definition) is 2. The summed E-state index contributed by atoms with van der Waals surface area (Å²) in [5.41, 5.74) is 6.78. The van der Waals surface area contributed by atoms with E-state index in [1.807, 2.05) is 0 Å². The molecule has 0 unspecified atom stereocenters. The maximum absolute atomic E-state index is 11.3. The number of aliphatic hydroxyl groups is 2. The van der Waals surface area contributed by atoms with E-state index in [1.54, 1.807) is 0 Å². The van der Waals surface area contributed by atoms with Crippen molar-refractivity contribution in [2.45, 2.75) is 98.2 Å². The Labute approximate surface area is 183 Å². The van der Waals surface area contributed by atoms with Gasteiger partial charge in [0.05, 0.1) is 12.2 Å². The molecular weight excluding hydrogens is 368 g/mol. The van der Waals surface area contributed by atoms with Crippen molar-refractivity contribution in [2.24, 2.45) is 29.1 Å². The number of aryl methyl sites for hydroxylation is 1. The maximum Gasteiger partial charge on any atom is 0.0801 e. The molecule has 2 nitrogen and oxygen atoms in total. The van der Waals surface area contributed by atoms with Crippen molar-refractivity contribution in [3.63, 3.8) is 0 Å². The van der Waals surface area contributed by atoms with Crippen LogP contribution in [0.1, 0.15) is 100 Å². The average Bonchev–Trinajstić information content (AvgIpc) is 3.03. The fourth-order valence-corrected chi connectivity index (χ4v) is 7.03. The Bertz CT molecular complexity index is 822. The first-order chi connectivity index (χ1) is 14.1. The zero-order valence-corrected chi connectivity index (χ0v) is 19.9. The van der Waals surface area contributed by atoms with Gasteiger partial charge >= 0.3 is 0 Å². The van der Waals surface area contributed by atoms with Crippen molar-refractivity contribution in [3.8, 4) is 0 Å². The molecule has 0 bridgehead atoms. The Morgan fingerprint density at radius 2 is 1.80 bits per heavy atom. The van der Waals surface area contributed by atoms with Crippen LogP contribution in [0, 0.1) is 36.0 Å². The monoisotopic (exact) mass is 410 g/mol. The SMILES string of the molecule is Cc1c2c(cc3c1[C@H](O)C[C@]1(C)[C@@H]([C@@H](C)/C=C/[C@@H](C)C(C)C)CC[C@@H]31)CC[C@H](O)C2. The molecule has 4 rings (SSSR count). The van der Waals surface area contributed by atoms with Gasteiger partial charge in [0.1, 0.15) is 0 Å². The average molecular weight is 411 g/mol. The van der Waals surface area contributed by atoms with Crippen LogP contribution in [-0.4, -0.2) is 16.3 Å². The third-order valence-electron chi connectivity index (χ3n) is 9.23. The molecule has 7 atom stereocenters. The van der Waals surface area contributed by atoms with Gasteiger partial charge in [-0.25, -0.2) is 0 Å². The zero-order valence-electron chi connectivity index (χ0n) is 19.9. The molecule has 1 aromatic rings. The van der Waals surface area contributed by atoms with Gasteiger partial charge in [0.2, 0.25) is 0 Å². The Kier molecular flexibility index (Phi) is 5.96. The molecule has 0 radical (unpaired) electrons. The first-order valence-corrected chi connectivity index (χ1v) is 12.3. The molecule has 3 aliphatic rings. The van der Waals surface area contributed by atoms with Gasteiger partial charge < -0.3 is 10.2 Å². The topological polar surface area (TPSA) is 40.5 Å². The van der Waals surface area contributed by atoms with Gasteiger partial charge in [-0.2, -0.15) is 0 Å². The van der Waals surface area contributed by atoms with E-state index in [-0.39, 0.29) is 17.6 Å². The van der Waals surface area contributed by atoms with Crippen LogP contribution in [0.15, 0.2) is 18.2 Å². The highest BCUT2D eigenvalue weighted by molar-refractivity contribution is 5.51. The predicted molar refractivity (Wildman–Crippen MR) is 125 cm³/mol. The lowest BCUT2D eigenvalue weighted by Crippen LogP contribution is -2.37. The van der Waals surface area contributed by atoms with E-state index in [9.17, 15) is 10.2 Å². The minimum Gasteiger partial charge on any atom is -0.393 e. The zero-order chi connectivity index (χ0) is 21.8. The molecule has 1 fully saturated rings. The van der Waals surface area contributed by atoms with Gasteiger partial charge in [0, 0.05) is 0 Å². The van der Waals surface area contributed by atoms with E-state index < -0.39 is 0 Å². The molecule has 1 aromatic carbocycles. The molecule has 0 aromatic heterocycles. The number of rotatable bonds is 4. The van der Waals surface area contributed by atoms with E-state index in [0.717, 1.165) is 25.7 Å². The Hall–Kier alpha value is -1.12. The summed E-state index contributed by atoms with van der Waals surface area (Å²) >= 11 is 0. The molecule has 2 N–H and O–H groups in total. The van der Waals surface area contributed by atoms with Crippen LogP contribution in [-0.2, 0) is 12.8 Å². The van der Waals surface area contributed by atoms with E-state index >= 15 is 0 Å². The highest BCUT2D eigenvalue weighted by Crippen LogP contribution is 2.63. The predicted octanol–water partition coefficient (Wildman–Crippen LogP) is 6.27. The first kappa shape index (κ1) is 22.1. The summed E-state index contributed by atoms with van der Waals surface area (Å²) in [5.74, 6) is 3.01. The minimum atomic E-state index is -0.378. The molecule has 0 spiro atoms. The number of benzene rings is 1. The largest absolute Gasteiger partial charge is 0.393 e. The Balaban J connectivity index is 1.67. The van der Waals surface area contributed by atoms with Crippen LogP contribution >= 0.6 is 0 Å².